The van der Waals surface area contributed by atoms with Crippen LogP contribution in [0.25, 0.3) is 0 Å². The molecule has 1 N–H and O–H groups in total. The summed E-state index contributed by atoms with van der Waals surface area (Å²) < 4.78 is 10.8. The highest BCUT2D eigenvalue weighted by Crippen LogP contribution is 2.19. The van der Waals surface area contributed by atoms with Crippen molar-refractivity contribution < 1.29 is 23.9 Å². The molecule has 1 aromatic carbocycles. The molecule has 9 aliphatic rings. The molecule has 0 bridgehead atoms. The Hall–Kier alpha value is -3.49. The third-order valence-corrected chi connectivity index (χ3v) is 19.6. The zero-order valence-corrected chi connectivity index (χ0v) is 67.4. The fourth-order valence-electron chi connectivity index (χ4n) is 12.7. The van der Waals surface area contributed by atoms with Gasteiger partial charge in [0, 0.05) is 192 Å². The van der Waals surface area contributed by atoms with Gasteiger partial charge in [0.25, 0.3) is 0 Å². The molecule has 98 heavy (non-hydrogen) atoms. The lowest BCUT2D eigenvalue weighted by Gasteiger charge is -2.36. The number of rotatable bonds is 14. The van der Waals surface area contributed by atoms with Crippen molar-refractivity contribution in [2.45, 2.75) is 213 Å². The molecule has 0 saturated carbocycles. The number of likely N-dealkylation sites (N-methyl/N-ethyl adjacent to an activating group) is 2. The van der Waals surface area contributed by atoms with Crippen molar-refractivity contribution in [3.8, 4) is 0 Å². The molecule has 0 aromatic heterocycles. The van der Waals surface area contributed by atoms with E-state index in [1.54, 1.807) is 0 Å². The van der Waals surface area contributed by atoms with E-state index in [2.05, 4.69) is 184 Å². The van der Waals surface area contributed by atoms with Crippen LogP contribution >= 0.6 is 0 Å². The van der Waals surface area contributed by atoms with Gasteiger partial charge in [0.2, 0.25) is 17.7 Å². The number of ether oxygens (including phenoxy) is 2. The lowest BCUT2D eigenvalue weighted by Crippen LogP contribution is -2.49. The van der Waals surface area contributed by atoms with E-state index in [9.17, 15) is 14.4 Å². The first-order valence-corrected chi connectivity index (χ1v) is 39.7. The first-order chi connectivity index (χ1) is 46.7. The summed E-state index contributed by atoms with van der Waals surface area (Å²) in [6.07, 6.45) is 20.0. The largest absolute Gasteiger partial charge is 0.380 e. The van der Waals surface area contributed by atoms with Crippen LogP contribution in [-0.4, -0.2) is 295 Å². The third-order valence-electron chi connectivity index (χ3n) is 19.6. The molecule has 10 rings (SSSR count). The van der Waals surface area contributed by atoms with Gasteiger partial charge in [-0.15, -0.1) is 0 Å². The summed E-state index contributed by atoms with van der Waals surface area (Å²) in [4.78, 5) is 60.2. The first-order valence-electron chi connectivity index (χ1n) is 39.7. The highest BCUT2D eigenvalue weighted by atomic mass is 16.5. The monoisotopic (exact) mass is 1380 g/mol. The zero-order valence-electron chi connectivity index (χ0n) is 67.4. The number of anilines is 1. The molecule has 0 unspecified atom stereocenters. The normalized spacial score (nSPS) is 20.3. The summed E-state index contributed by atoms with van der Waals surface area (Å²) in [5.41, 5.74) is 2.74. The number of piperazine rings is 4. The number of likely N-dealkylation sites (tertiary alicyclic amines) is 3. The Labute approximate surface area is 604 Å². The molecule has 17 nitrogen and oxygen atoms in total. The standard InChI is InChI=1S/C14H20N2O.C11H23NO.C9H18N2O.C9H17NO.C8H18N2.C8H17N.C8H12.C7H16N2.C7H15NO/c1-12(2)14(17)16-10-8-15(9-11-16)13-6-4-3-5-7-13;1-11(2)10-13-9-8-12-6-4-3-5-7-12;1-8(2)9(12)11-6-4-10(3)5-7-11;1-8(2)9(11)10-6-4-3-5-7-10;1-8(2)10-6-4-9(3)5-7-10;1-8(2)9-6-4-3-5-7-9;1-7(2)8-5-3-4-6-8;1-7(2)9-5-3-8-4-6-9;1-7(2)8-3-5-9-6-4-8/h3-7,12H,8-11H2,1-2H3;11H,3-10H2,1-2H3;8H,4-7H2,1-3H3;8H,3-7H2,1-2H3;8H,4-7H2,1-3H3;8H,3-7H2,1-2H3;3,5-7H,4H2,1-2H3;7-8H,3-6H2,1-2H3;7H,3-6H2,1-2H3. The van der Waals surface area contributed by atoms with Gasteiger partial charge in [0.1, 0.15) is 0 Å². The number of morpholine rings is 1. The Balaban J connectivity index is 0.000000379. The molecule has 8 saturated heterocycles. The van der Waals surface area contributed by atoms with Crippen molar-refractivity contribution in [1.29, 1.82) is 0 Å². The molecule has 1 aromatic rings. The van der Waals surface area contributed by atoms with Gasteiger partial charge in [-0.2, -0.15) is 0 Å². The van der Waals surface area contributed by atoms with Crippen LogP contribution in [0.15, 0.2) is 54.1 Å². The molecule has 8 heterocycles. The number of nitrogens with zero attached hydrogens (tertiary/aromatic N) is 11. The maximum atomic E-state index is 11.8. The average Bonchev–Trinajstić information content (AvgIpc) is 1.02. The molecular weight excluding hydrogens is 1220 g/mol. The Morgan fingerprint density at radius 1 is 0.439 bits per heavy atom. The minimum absolute atomic E-state index is 0.110. The molecule has 8 fully saturated rings. The number of hydrogen-bond donors (Lipinski definition) is 1. The lowest BCUT2D eigenvalue weighted by atomic mass is 10.1. The Morgan fingerprint density at radius 3 is 1.19 bits per heavy atom. The van der Waals surface area contributed by atoms with Crippen molar-refractivity contribution in [3.05, 3.63) is 54.1 Å². The van der Waals surface area contributed by atoms with Gasteiger partial charge in [-0.05, 0) is 177 Å². The van der Waals surface area contributed by atoms with E-state index >= 15 is 0 Å². The van der Waals surface area contributed by atoms with Gasteiger partial charge in [-0.25, -0.2) is 0 Å². The lowest BCUT2D eigenvalue weighted by molar-refractivity contribution is -0.136. The molecule has 0 atom stereocenters. The number of hydrogen-bond acceptors (Lipinski definition) is 14. The summed E-state index contributed by atoms with van der Waals surface area (Å²) in [5, 5.41) is 3.33. The Kier molecular flexibility index (Phi) is 50.1. The van der Waals surface area contributed by atoms with E-state index < -0.39 is 0 Å². The van der Waals surface area contributed by atoms with E-state index in [-0.39, 0.29) is 23.7 Å². The molecule has 1 aliphatic carbocycles. The zero-order chi connectivity index (χ0) is 72.8. The predicted molar refractivity (Wildman–Crippen MR) is 419 cm³/mol. The highest BCUT2D eigenvalue weighted by molar-refractivity contribution is 5.79. The van der Waals surface area contributed by atoms with Crippen molar-refractivity contribution in [1.82, 2.24) is 54.3 Å². The molecule has 0 spiro atoms. The van der Waals surface area contributed by atoms with Gasteiger partial charge in [-0.1, -0.05) is 119 Å². The van der Waals surface area contributed by atoms with Gasteiger partial charge < -0.3 is 54.0 Å². The van der Waals surface area contributed by atoms with E-state index in [0.29, 0.717) is 29.7 Å². The molecule has 0 radical (unpaired) electrons. The SMILES string of the molecule is CC(C)C(=O)N1CCCCC1.CC(C)C(=O)N1CCN(C)CC1.CC(C)C(=O)N1CCN(c2ccccc2)CC1.CC(C)C1=CCC=C1.CC(C)COCCN1CCCCC1.CC(C)N1CCCCC1.CC(C)N1CCN(C)CC1.CC(C)N1CCNCC1.CC(C)N1CCOCC1. The number of piperidine rings is 3. The highest BCUT2D eigenvalue weighted by Gasteiger charge is 2.25. The average molecular weight is 1380 g/mol. The fourth-order valence-corrected chi connectivity index (χ4v) is 12.7. The number of allylic oxidation sites excluding steroid dienone is 4. The van der Waals surface area contributed by atoms with Crippen LogP contribution in [-0.2, 0) is 23.9 Å². The molecule has 3 amide bonds. The summed E-state index contributed by atoms with van der Waals surface area (Å²) in [7, 11) is 4.29. The summed E-state index contributed by atoms with van der Waals surface area (Å²) in [6.45, 7) is 70.0. The van der Waals surface area contributed by atoms with Gasteiger partial charge in [-0.3, -0.25) is 29.1 Å². The van der Waals surface area contributed by atoms with Crippen LogP contribution in [0.2, 0.25) is 0 Å². The number of carbonyl (C=O) groups is 3. The summed E-state index contributed by atoms with van der Waals surface area (Å²) >= 11 is 0. The van der Waals surface area contributed by atoms with Crippen LogP contribution in [0.4, 0.5) is 5.69 Å². The second-order valence-corrected chi connectivity index (χ2v) is 31.2. The second kappa shape index (κ2) is 54.2. The van der Waals surface area contributed by atoms with Crippen LogP contribution in [0.3, 0.4) is 0 Å². The minimum Gasteiger partial charge on any atom is -0.380 e. The minimum atomic E-state index is 0.110. The van der Waals surface area contributed by atoms with E-state index in [1.165, 1.54) is 134 Å². The maximum absolute atomic E-state index is 11.8. The smallest absolute Gasteiger partial charge is 0.225 e. The molecule has 570 valence electrons. The second-order valence-electron chi connectivity index (χ2n) is 31.2. The van der Waals surface area contributed by atoms with E-state index in [4.69, 9.17) is 9.47 Å². The number of para-hydroxylation sites is 1. The van der Waals surface area contributed by atoms with E-state index in [1.807, 2.05) is 62.3 Å². The third kappa shape index (κ3) is 41.6. The van der Waals surface area contributed by atoms with Gasteiger partial charge >= 0.3 is 0 Å². The number of amides is 3. The number of nitrogens with one attached hydrogen (secondary N) is 1. The van der Waals surface area contributed by atoms with Crippen molar-refractivity contribution >= 4 is 23.4 Å². The Morgan fingerprint density at radius 2 is 0.827 bits per heavy atom. The van der Waals surface area contributed by atoms with Crippen LogP contribution in [0, 0.1) is 29.6 Å². The predicted octanol–water partition coefficient (Wildman–Crippen LogP) is 12.3. The maximum Gasteiger partial charge on any atom is 0.225 e. The molecular formula is C81H156N12O5. The van der Waals surface area contributed by atoms with Crippen LogP contribution < -0.4 is 10.2 Å². The molecule has 17 heteroatoms. The molecule has 8 aliphatic heterocycles. The number of benzene rings is 1. The summed E-state index contributed by atoms with van der Waals surface area (Å²) in [6, 6.07) is 13.3. The Bertz CT molecular complexity index is 2100. The van der Waals surface area contributed by atoms with Crippen LogP contribution in [0.1, 0.15) is 189 Å². The van der Waals surface area contributed by atoms with Crippen molar-refractivity contribution in [2.24, 2.45) is 29.6 Å². The fraction of sp³-hybridized carbons (Fsp3) is 0.840. The van der Waals surface area contributed by atoms with Crippen molar-refractivity contribution in [3.63, 3.8) is 0 Å². The van der Waals surface area contributed by atoms with Crippen molar-refractivity contribution in [2.75, 3.05) is 209 Å². The number of carbonyl (C=O) groups excluding carboxylic acids is 3. The first kappa shape index (κ1) is 90.6. The van der Waals surface area contributed by atoms with Gasteiger partial charge in [0.15, 0.2) is 0 Å². The summed E-state index contributed by atoms with van der Waals surface area (Å²) in [5.74, 6) is 2.71. The van der Waals surface area contributed by atoms with Gasteiger partial charge in [0.05, 0.1) is 19.8 Å². The quantitative estimate of drug-likeness (QED) is 0.178. The van der Waals surface area contributed by atoms with E-state index in [0.717, 1.165) is 149 Å². The van der Waals surface area contributed by atoms with Crippen LogP contribution in [0.5, 0.6) is 0 Å². The topological polar surface area (TPSA) is 117 Å².